The number of hydrogen-bond acceptors (Lipinski definition) is 5. The SMILES string of the molecule is CCS[C@@H]1O[C@H](C)[C@H](OCc2ccccc2)[C@H](O)[C@H]1OCc1ccccc1. The lowest BCUT2D eigenvalue weighted by atomic mass is 10.0. The lowest BCUT2D eigenvalue weighted by molar-refractivity contribution is -0.226. The molecular weight excluding hydrogens is 360 g/mol. The molecule has 146 valence electrons. The first kappa shape index (κ1) is 20.4. The molecule has 0 amide bonds. The van der Waals surface area contributed by atoms with E-state index in [-0.39, 0.29) is 11.5 Å². The van der Waals surface area contributed by atoms with E-state index in [9.17, 15) is 5.11 Å². The molecular formula is C22H28O4S. The zero-order valence-electron chi connectivity index (χ0n) is 15.9. The second-order valence-electron chi connectivity index (χ2n) is 6.68. The van der Waals surface area contributed by atoms with Crippen molar-refractivity contribution in [3.63, 3.8) is 0 Å². The van der Waals surface area contributed by atoms with Crippen LogP contribution in [0.2, 0.25) is 0 Å². The summed E-state index contributed by atoms with van der Waals surface area (Å²) in [5.41, 5.74) is 1.94. The molecule has 1 aliphatic heterocycles. The van der Waals surface area contributed by atoms with Gasteiger partial charge in [0.05, 0.1) is 19.3 Å². The molecule has 2 aromatic rings. The number of hydrogen-bond donors (Lipinski definition) is 1. The van der Waals surface area contributed by atoms with Gasteiger partial charge < -0.3 is 19.3 Å². The molecule has 4 nitrogen and oxygen atoms in total. The van der Waals surface area contributed by atoms with Crippen LogP contribution in [0.1, 0.15) is 25.0 Å². The molecule has 5 atom stereocenters. The van der Waals surface area contributed by atoms with Crippen LogP contribution < -0.4 is 0 Å². The molecule has 1 fully saturated rings. The van der Waals surface area contributed by atoms with Crippen molar-refractivity contribution in [1.29, 1.82) is 0 Å². The molecule has 0 radical (unpaired) electrons. The van der Waals surface area contributed by atoms with Gasteiger partial charge in [-0.25, -0.2) is 0 Å². The summed E-state index contributed by atoms with van der Waals surface area (Å²) in [6.07, 6.45) is -1.82. The van der Waals surface area contributed by atoms with E-state index in [4.69, 9.17) is 14.2 Å². The topological polar surface area (TPSA) is 47.9 Å². The van der Waals surface area contributed by atoms with Crippen molar-refractivity contribution in [2.45, 2.75) is 56.9 Å². The number of ether oxygens (including phenoxy) is 3. The number of thioether (sulfide) groups is 1. The van der Waals surface area contributed by atoms with E-state index in [0.29, 0.717) is 13.2 Å². The fourth-order valence-corrected chi connectivity index (χ4v) is 4.25. The second-order valence-corrected chi connectivity index (χ2v) is 8.05. The van der Waals surface area contributed by atoms with Crippen LogP contribution >= 0.6 is 11.8 Å². The minimum absolute atomic E-state index is 0.204. The van der Waals surface area contributed by atoms with Crippen LogP contribution in [-0.4, -0.2) is 40.7 Å². The maximum absolute atomic E-state index is 11.0. The van der Waals surface area contributed by atoms with Gasteiger partial charge in [-0.3, -0.25) is 0 Å². The summed E-state index contributed by atoms with van der Waals surface area (Å²) in [4.78, 5) is 0. The third-order valence-electron chi connectivity index (χ3n) is 4.65. The van der Waals surface area contributed by atoms with E-state index in [2.05, 4.69) is 6.92 Å². The summed E-state index contributed by atoms with van der Waals surface area (Å²) >= 11 is 1.66. The van der Waals surface area contributed by atoms with Crippen molar-refractivity contribution in [1.82, 2.24) is 0 Å². The van der Waals surface area contributed by atoms with Gasteiger partial charge in [-0.05, 0) is 23.8 Å². The highest BCUT2D eigenvalue weighted by atomic mass is 32.2. The van der Waals surface area contributed by atoms with Gasteiger partial charge in [0.25, 0.3) is 0 Å². The van der Waals surface area contributed by atoms with Gasteiger partial charge in [-0.15, -0.1) is 11.8 Å². The lowest BCUT2D eigenvalue weighted by Crippen LogP contribution is -2.57. The summed E-state index contributed by atoms with van der Waals surface area (Å²) in [5, 5.41) is 11.0. The Morgan fingerprint density at radius 3 is 1.93 bits per heavy atom. The quantitative estimate of drug-likeness (QED) is 0.740. The smallest absolute Gasteiger partial charge is 0.132 e. The Morgan fingerprint density at radius 1 is 0.889 bits per heavy atom. The highest BCUT2D eigenvalue weighted by molar-refractivity contribution is 7.99. The lowest BCUT2D eigenvalue weighted by Gasteiger charge is -2.43. The number of aliphatic hydroxyl groups excluding tert-OH is 1. The second kappa shape index (κ2) is 10.2. The predicted octanol–water partition coefficient (Wildman–Crippen LogP) is 4.02. The number of benzene rings is 2. The Hall–Kier alpha value is -1.37. The molecule has 0 spiro atoms. The van der Waals surface area contributed by atoms with E-state index < -0.39 is 18.3 Å². The van der Waals surface area contributed by atoms with Crippen molar-refractivity contribution < 1.29 is 19.3 Å². The van der Waals surface area contributed by atoms with Crippen LogP contribution in [0.5, 0.6) is 0 Å². The Balaban J connectivity index is 1.66. The Kier molecular flexibility index (Phi) is 7.73. The van der Waals surface area contributed by atoms with Crippen LogP contribution in [0.3, 0.4) is 0 Å². The minimum Gasteiger partial charge on any atom is -0.387 e. The average Bonchev–Trinajstić information content (AvgIpc) is 2.69. The first-order chi connectivity index (χ1) is 13.2. The van der Waals surface area contributed by atoms with E-state index in [1.54, 1.807) is 11.8 Å². The van der Waals surface area contributed by atoms with E-state index >= 15 is 0 Å². The molecule has 27 heavy (non-hydrogen) atoms. The Labute approximate surface area is 165 Å². The maximum Gasteiger partial charge on any atom is 0.132 e. The third-order valence-corrected chi connectivity index (χ3v) is 5.70. The summed E-state index contributed by atoms with van der Waals surface area (Å²) in [7, 11) is 0. The normalized spacial score (nSPS) is 28.2. The first-order valence-corrected chi connectivity index (χ1v) is 10.5. The highest BCUT2D eigenvalue weighted by Gasteiger charge is 2.45. The van der Waals surface area contributed by atoms with Crippen molar-refractivity contribution in [3.05, 3.63) is 71.8 Å². The molecule has 0 bridgehead atoms. The molecule has 0 aromatic heterocycles. The van der Waals surface area contributed by atoms with Crippen molar-refractivity contribution in [2.24, 2.45) is 0 Å². The van der Waals surface area contributed by atoms with Crippen molar-refractivity contribution in [2.75, 3.05) is 5.75 Å². The van der Waals surface area contributed by atoms with Crippen LogP contribution in [0, 0.1) is 0 Å². The zero-order valence-corrected chi connectivity index (χ0v) is 16.7. The van der Waals surface area contributed by atoms with Gasteiger partial charge in [0, 0.05) is 0 Å². The summed E-state index contributed by atoms with van der Waals surface area (Å²) in [6, 6.07) is 20.0. The molecule has 3 rings (SSSR count). The first-order valence-electron chi connectivity index (χ1n) is 9.45. The third kappa shape index (κ3) is 5.56. The molecule has 5 heteroatoms. The van der Waals surface area contributed by atoms with Crippen LogP contribution in [-0.2, 0) is 27.4 Å². The number of rotatable bonds is 8. The zero-order chi connectivity index (χ0) is 19.1. The van der Waals surface area contributed by atoms with E-state index in [0.717, 1.165) is 16.9 Å². The monoisotopic (exact) mass is 388 g/mol. The molecule has 0 unspecified atom stereocenters. The van der Waals surface area contributed by atoms with Crippen molar-refractivity contribution in [3.8, 4) is 0 Å². The molecule has 1 N–H and O–H groups in total. The maximum atomic E-state index is 11.0. The van der Waals surface area contributed by atoms with E-state index in [1.165, 1.54) is 0 Å². The van der Waals surface area contributed by atoms with Gasteiger partial charge in [0.15, 0.2) is 0 Å². The highest BCUT2D eigenvalue weighted by Crippen LogP contribution is 2.32. The number of aliphatic hydroxyl groups is 1. The Bertz CT molecular complexity index is 667. The van der Waals surface area contributed by atoms with Crippen LogP contribution in [0.25, 0.3) is 0 Å². The van der Waals surface area contributed by atoms with Gasteiger partial charge >= 0.3 is 0 Å². The van der Waals surface area contributed by atoms with Gasteiger partial charge in [-0.2, -0.15) is 0 Å². The fourth-order valence-electron chi connectivity index (χ4n) is 3.24. The summed E-state index contributed by atoms with van der Waals surface area (Å²) in [5.74, 6) is 0.894. The summed E-state index contributed by atoms with van der Waals surface area (Å²) in [6.45, 7) is 4.91. The van der Waals surface area contributed by atoms with Gasteiger partial charge in [0.2, 0.25) is 0 Å². The molecule has 1 aliphatic rings. The molecule has 1 saturated heterocycles. The van der Waals surface area contributed by atoms with E-state index in [1.807, 2.05) is 67.6 Å². The predicted molar refractivity (Wildman–Crippen MR) is 109 cm³/mol. The standard InChI is InChI=1S/C22H28O4S/c1-3-27-22-21(25-15-18-12-8-5-9-13-18)19(23)20(16(2)26-22)24-14-17-10-6-4-7-11-17/h4-13,16,19-23H,3,14-15H2,1-2H3/t16-,19+,20+,21-,22+/m1/s1. The average molecular weight is 389 g/mol. The fraction of sp³-hybridized carbons (Fsp3) is 0.455. The minimum atomic E-state index is -0.745. The van der Waals surface area contributed by atoms with Crippen molar-refractivity contribution >= 4 is 11.8 Å². The summed E-state index contributed by atoms with van der Waals surface area (Å²) < 4.78 is 18.3. The Morgan fingerprint density at radius 2 is 1.41 bits per heavy atom. The molecule has 0 saturated carbocycles. The largest absolute Gasteiger partial charge is 0.387 e. The molecule has 0 aliphatic carbocycles. The molecule has 2 aromatic carbocycles. The van der Waals surface area contributed by atoms with Crippen LogP contribution in [0.15, 0.2) is 60.7 Å². The molecule has 1 heterocycles. The van der Waals surface area contributed by atoms with Gasteiger partial charge in [-0.1, -0.05) is 67.6 Å². The van der Waals surface area contributed by atoms with Gasteiger partial charge in [0.1, 0.15) is 23.7 Å². The van der Waals surface area contributed by atoms with Crippen LogP contribution in [0.4, 0.5) is 0 Å².